The molecule has 5 N–H and O–H groups in total. The molecule has 4 rings (SSSR count). The van der Waals surface area contributed by atoms with Gasteiger partial charge in [0.15, 0.2) is 23.5 Å². The Balaban J connectivity index is 0.999. The summed E-state index contributed by atoms with van der Waals surface area (Å²) in [6.45, 7) is 3.45. The van der Waals surface area contributed by atoms with Gasteiger partial charge in [0.1, 0.15) is 0 Å². The molecule has 0 radical (unpaired) electrons. The van der Waals surface area contributed by atoms with Crippen LogP contribution in [0.5, 0.6) is 23.5 Å². The van der Waals surface area contributed by atoms with Crippen molar-refractivity contribution in [2.75, 3.05) is 13.1 Å². The highest BCUT2D eigenvalue weighted by Crippen LogP contribution is 2.39. The number of fused-ring (bicyclic) bond motifs is 2. The van der Waals surface area contributed by atoms with Crippen LogP contribution in [-0.4, -0.2) is 42.6 Å². The average molecular weight is 488 g/mol. The minimum Gasteiger partial charge on any atom is -0.494 e. The second kappa shape index (κ2) is 12.6. The summed E-state index contributed by atoms with van der Waals surface area (Å²) in [4.78, 5) is 0. The summed E-state index contributed by atoms with van der Waals surface area (Å²) in [5, 5.41) is 45.2. The first kappa shape index (κ1) is 25.8. The molecule has 7 nitrogen and oxygen atoms in total. The van der Waals surface area contributed by atoms with E-state index < -0.39 is 0 Å². The van der Waals surface area contributed by atoms with Crippen LogP contribution in [0.2, 0.25) is 0 Å². The quantitative estimate of drug-likeness (QED) is 0.233. The molecule has 35 heavy (non-hydrogen) atoms. The van der Waals surface area contributed by atoms with Crippen LogP contribution in [-0.2, 0) is 38.8 Å². The lowest BCUT2D eigenvalue weighted by Gasteiger charge is -2.09. The number of nitrogens with one attached hydrogen (secondary N) is 1. The standard InChI is InChI=1S/C28H45N3O4/c32-25-21-13-5-6-14-22(21)26(33)30(25)19-11-3-1-9-17-29-18-10-2-4-12-20-31-27(34)23-15-7-8-16-24(23)28(31)35/h29,32-35H,1-20H2. The van der Waals surface area contributed by atoms with Gasteiger partial charge in [-0.3, -0.25) is 9.13 Å². The van der Waals surface area contributed by atoms with E-state index in [4.69, 9.17) is 0 Å². The summed E-state index contributed by atoms with van der Waals surface area (Å²) >= 11 is 0. The van der Waals surface area contributed by atoms with Gasteiger partial charge in [-0.15, -0.1) is 0 Å². The van der Waals surface area contributed by atoms with E-state index in [1.807, 2.05) is 0 Å². The smallest absolute Gasteiger partial charge is 0.197 e. The number of aromatic nitrogens is 2. The van der Waals surface area contributed by atoms with Crippen molar-refractivity contribution in [2.24, 2.45) is 0 Å². The Bertz CT molecular complexity index is 827. The first-order valence-corrected chi connectivity index (χ1v) is 14.0. The van der Waals surface area contributed by atoms with E-state index in [9.17, 15) is 20.4 Å². The molecule has 2 aromatic rings. The molecule has 2 aromatic heterocycles. The van der Waals surface area contributed by atoms with Crippen LogP contribution in [0.4, 0.5) is 0 Å². The van der Waals surface area contributed by atoms with E-state index in [-0.39, 0.29) is 0 Å². The Labute approximate surface area is 209 Å². The average Bonchev–Trinajstić information content (AvgIpc) is 3.27. The highest BCUT2D eigenvalue weighted by atomic mass is 16.3. The van der Waals surface area contributed by atoms with Gasteiger partial charge in [-0.2, -0.15) is 0 Å². The normalized spacial score (nSPS) is 15.3. The molecule has 0 unspecified atom stereocenters. The predicted octanol–water partition coefficient (Wildman–Crippen LogP) is 5.28. The van der Waals surface area contributed by atoms with Crippen molar-refractivity contribution in [3.63, 3.8) is 0 Å². The Kier molecular flexibility index (Phi) is 9.30. The van der Waals surface area contributed by atoms with E-state index in [0.717, 1.165) is 138 Å². The van der Waals surface area contributed by atoms with Crippen molar-refractivity contribution in [1.29, 1.82) is 0 Å². The summed E-state index contributed by atoms with van der Waals surface area (Å²) in [5.74, 6) is 1.17. The Hall–Kier alpha value is -2.28. The summed E-state index contributed by atoms with van der Waals surface area (Å²) in [6.07, 6.45) is 16.7. The Morgan fingerprint density at radius 2 is 0.771 bits per heavy atom. The molecule has 196 valence electrons. The lowest BCUT2D eigenvalue weighted by Crippen LogP contribution is -2.16. The van der Waals surface area contributed by atoms with Gasteiger partial charge in [-0.25, -0.2) is 0 Å². The molecule has 2 heterocycles. The lowest BCUT2D eigenvalue weighted by molar-refractivity contribution is 0.358. The molecule has 0 saturated carbocycles. The Morgan fingerprint density at radius 3 is 1.11 bits per heavy atom. The molecule has 0 spiro atoms. The Morgan fingerprint density at radius 1 is 0.457 bits per heavy atom. The zero-order chi connectivity index (χ0) is 24.6. The van der Waals surface area contributed by atoms with Gasteiger partial charge in [0.25, 0.3) is 0 Å². The van der Waals surface area contributed by atoms with Crippen LogP contribution in [0.3, 0.4) is 0 Å². The third kappa shape index (κ3) is 6.11. The molecule has 7 heteroatoms. The number of rotatable bonds is 14. The SMILES string of the molecule is Oc1c2c(c(O)n1CCCCCCNCCCCCCn1c(O)c3c(c1O)CCCC3)CCCC2. The van der Waals surface area contributed by atoms with Crippen LogP contribution in [0.1, 0.15) is 99.3 Å². The maximum atomic E-state index is 10.4. The van der Waals surface area contributed by atoms with Crippen molar-refractivity contribution >= 4 is 0 Å². The van der Waals surface area contributed by atoms with Gasteiger partial charge in [0.05, 0.1) is 0 Å². The minimum atomic E-state index is 0.292. The largest absolute Gasteiger partial charge is 0.494 e. The van der Waals surface area contributed by atoms with Gasteiger partial charge < -0.3 is 25.7 Å². The number of hydrogen-bond donors (Lipinski definition) is 5. The molecule has 0 atom stereocenters. The second-order valence-electron chi connectivity index (χ2n) is 10.5. The van der Waals surface area contributed by atoms with Crippen LogP contribution in [0.25, 0.3) is 0 Å². The van der Waals surface area contributed by atoms with E-state index >= 15 is 0 Å². The van der Waals surface area contributed by atoms with Crippen LogP contribution >= 0.6 is 0 Å². The molecular formula is C28H45N3O4. The van der Waals surface area contributed by atoms with Crippen molar-refractivity contribution in [2.45, 2.75) is 116 Å². The summed E-state index contributed by atoms with van der Waals surface area (Å²) in [6, 6.07) is 0. The molecule has 0 amide bonds. The molecule has 0 fully saturated rings. The first-order valence-electron chi connectivity index (χ1n) is 14.0. The molecule has 2 aliphatic rings. The minimum absolute atomic E-state index is 0.292. The van der Waals surface area contributed by atoms with Crippen LogP contribution in [0.15, 0.2) is 0 Å². The molecule has 2 aliphatic carbocycles. The number of unbranched alkanes of at least 4 members (excludes halogenated alkanes) is 6. The molecule has 0 aromatic carbocycles. The fourth-order valence-corrected chi connectivity index (χ4v) is 5.95. The monoisotopic (exact) mass is 487 g/mol. The van der Waals surface area contributed by atoms with Crippen LogP contribution < -0.4 is 5.32 Å². The number of aromatic hydroxyl groups is 4. The topological polar surface area (TPSA) is 103 Å². The van der Waals surface area contributed by atoms with Crippen LogP contribution in [0, 0.1) is 0 Å². The lowest BCUT2D eigenvalue weighted by atomic mass is 9.95. The van der Waals surface area contributed by atoms with Crippen molar-refractivity contribution in [3.8, 4) is 23.5 Å². The van der Waals surface area contributed by atoms with Gasteiger partial charge in [0.2, 0.25) is 0 Å². The van der Waals surface area contributed by atoms with Crippen molar-refractivity contribution in [3.05, 3.63) is 22.3 Å². The van der Waals surface area contributed by atoms with Gasteiger partial charge in [0, 0.05) is 35.3 Å². The molecule has 0 bridgehead atoms. The summed E-state index contributed by atoms with van der Waals surface area (Å²) in [5.41, 5.74) is 3.88. The van der Waals surface area contributed by atoms with E-state index in [0.29, 0.717) is 36.6 Å². The third-order valence-corrected chi connectivity index (χ3v) is 8.01. The van der Waals surface area contributed by atoms with Gasteiger partial charge in [-0.1, -0.05) is 25.7 Å². The third-order valence-electron chi connectivity index (χ3n) is 8.01. The zero-order valence-electron chi connectivity index (χ0n) is 21.3. The first-order chi connectivity index (χ1) is 17.1. The highest BCUT2D eigenvalue weighted by molar-refractivity contribution is 5.47. The molecular weight excluding hydrogens is 442 g/mol. The molecule has 0 saturated heterocycles. The predicted molar refractivity (Wildman–Crippen MR) is 139 cm³/mol. The summed E-state index contributed by atoms with van der Waals surface area (Å²) in [7, 11) is 0. The summed E-state index contributed by atoms with van der Waals surface area (Å²) < 4.78 is 3.42. The maximum absolute atomic E-state index is 10.4. The highest BCUT2D eigenvalue weighted by Gasteiger charge is 2.25. The maximum Gasteiger partial charge on any atom is 0.197 e. The molecule has 0 aliphatic heterocycles. The van der Waals surface area contributed by atoms with E-state index in [1.54, 1.807) is 9.13 Å². The number of hydrogen-bond acceptors (Lipinski definition) is 5. The van der Waals surface area contributed by atoms with E-state index in [1.165, 1.54) is 0 Å². The number of nitrogens with zero attached hydrogens (tertiary/aromatic N) is 2. The van der Waals surface area contributed by atoms with Crippen molar-refractivity contribution < 1.29 is 20.4 Å². The zero-order valence-corrected chi connectivity index (χ0v) is 21.3. The fraction of sp³-hybridized carbons (Fsp3) is 0.714. The van der Waals surface area contributed by atoms with Gasteiger partial charge >= 0.3 is 0 Å². The second-order valence-corrected chi connectivity index (χ2v) is 10.5. The van der Waals surface area contributed by atoms with Gasteiger partial charge in [-0.05, 0) is 90.1 Å². The van der Waals surface area contributed by atoms with E-state index in [2.05, 4.69) is 5.32 Å². The fourth-order valence-electron chi connectivity index (χ4n) is 5.95. The van der Waals surface area contributed by atoms with Crippen molar-refractivity contribution in [1.82, 2.24) is 14.5 Å².